The van der Waals surface area contributed by atoms with Crippen LogP contribution in [0.25, 0.3) is 0 Å². The summed E-state index contributed by atoms with van der Waals surface area (Å²) in [4.78, 5) is 0.237. The minimum atomic E-state index is -3.78. The molecule has 222 valence electrons. The van der Waals surface area contributed by atoms with Crippen LogP contribution < -0.4 is 14.2 Å². The Morgan fingerprint density at radius 2 is 0.810 bits per heavy atom. The number of rotatable bonds is 13. The first-order chi connectivity index (χ1) is 19.9. The van der Waals surface area contributed by atoms with Gasteiger partial charge in [-0.25, -0.2) is 16.8 Å². The summed E-state index contributed by atoms with van der Waals surface area (Å²) in [6, 6.07) is 22.6. The third-order valence-electron chi connectivity index (χ3n) is 5.93. The molecule has 0 amide bonds. The molecule has 0 bridgehead atoms. The van der Waals surface area contributed by atoms with E-state index < -0.39 is 31.9 Å². The van der Waals surface area contributed by atoms with Gasteiger partial charge in [-0.2, -0.15) is 0 Å². The van der Waals surface area contributed by atoms with Gasteiger partial charge in [-0.15, -0.1) is 0 Å². The highest BCUT2D eigenvalue weighted by Gasteiger charge is 2.19. The Bertz CT molecular complexity index is 1670. The van der Waals surface area contributed by atoms with E-state index in [0.717, 1.165) is 0 Å². The van der Waals surface area contributed by atoms with Gasteiger partial charge in [0.15, 0.2) is 0 Å². The summed E-state index contributed by atoms with van der Waals surface area (Å²) in [5.74, 6) is 1.09. The van der Waals surface area contributed by atoms with E-state index in [1.165, 1.54) is 97.1 Å². The zero-order valence-corrected chi connectivity index (χ0v) is 24.2. The van der Waals surface area contributed by atoms with Crippen molar-refractivity contribution in [2.45, 2.75) is 38.7 Å². The molecule has 0 radical (unpaired) electrons. The summed E-state index contributed by atoms with van der Waals surface area (Å²) in [6.45, 7) is 1.41. The molecular formula is C30H30O10S2. The van der Waals surface area contributed by atoms with Crippen molar-refractivity contribution < 1.29 is 46.4 Å². The fourth-order valence-electron chi connectivity index (χ4n) is 3.69. The molecule has 4 aromatic rings. The molecule has 12 heteroatoms. The van der Waals surface area contributed by atoms with Gasteiger partial charge in [0.1, 0.15) is 48.9 Å². The van der Waals surface area contributed by atoms with Crippen LogP contribution in [0.1, 0.15) is 6.92 Å². The van der Waals surface area contributed by atoms with E-state index >= 15 is 0 Å². The Morgan fingerprint density at radius 1 is 0.524 bits per heavy atom. The number of phenolic OH excluding ortho intramolecular Hbond substituents is 1. The fourth-order valence-corrected chi connectivity index (χ4v) is 6.21. The normalized spacial score (nSPS) is 13.2. The van der Waals surface area contributed by atoms with Gasteiger partial charge in [-0.1, -0.05) is 0 Å². The van der Waals surface area contributed by atoms with Crippen molar-refractivity contribution in [2.75, 3.05) is 19.8 Å². The summed E-state index contributed by atoms with van der Waals surface area (Å²) in [5.41, 5.74) is 0. The maximum Gasteiger partial charge on any atom is 0.206 e. The highest BCUT2D eigenvalue weighted by Crippen LogP contribution is 2.26. The van der Waals surface area contributed by atoms with E-state index in [0.29, 0.717) is 17.2 Å². The summed E-state index contributed by atoms with van der Waals surface area (Å²) < 4.78 is 67.8. The number of aromatic hydroxyl groups is 1. The predicted octanol–water partition coefficient (Wildman–Crippen LogP) is 3.64. The van der Waals surface area contributed by atoms with Crippen molar-refractivity contribution in [1.82, 2.24) is 0 Å². The van der Waals surface area contributed by atoms with Crippen LogP contribution in [0.2, 0.25) is 0 Å². The largest absolute Gasteiger partial charge is 0.508 e. The number of ether oxygens (including phenoxy) is 3. The van der Waals surface area contributed by atoms with Crippen molar-refractivity contribution in [3.8, 4) is 23.0 Å². The highest BCUT2D eigenvalue weighted by atomic mass is 32.2. The second-order valence-corrected chi connectivity index (χ2v) is 13.3. The predicted molar refractivity (Wildman–Crippen MR) is 153 cm³/mol. The number of hydrogen-bond acceptors (Lipinski definition) is 10. The smallest absolute Gasteiger partial charge is 0.206 e. The minimum absolute atomic E-state index is 0.0376. The van der Waals surface area contributed by atoms with Gasteiger partial charge in [-0.3, -0.25) is 0 Å². The van der Waals surface area contributed by atoms with Crippen LogP contribution >= 0.6 is 0 Å². The minimum Gasteiger partial charge on any atom is -0.508 e. The monoisotopic (exact) mass is 614 g/mol. The zero-order valence-electron chi connectivity index (χ0n) is 22.5. The average Bonchev–Trinajstić information content (AvgIpc) is 2.99. The number of sulfone groups is 2. The molecule has 0 aromatic heterocycles. The maximum atomic E-state index is 12.9. The molecule has 0 saturated heterocycles. The molecule has 0 saturated carbocycles. The van der Waals surface area contributed by atoms with Crippen LogP contribution in [0.3, 0.4) is 0 Å². The van der Waals surface area contributed by atoms with Gasteiger partial charge >= 0.3 is 0 Å². The molecule has 0 spiro atoms. The van der Waals surface area contributed by atoms with E-state index in [-0.39, 0.29) is 45.2 Å². The molecule has 4 rings (SSSR count). The van der Waals surface area contributed by atoms with E-state index in [2.05, 4.69) is 0 Å². The third-order valence-corrected chi connectivity index (χ3v) is 9.50. The second-order valence-electron chi connectivity index (χ2n) is 9.35. The molecule has 0 fully saturated rings. The Hall–Kier alpha value is -4.10. The van der Waals surface area contributed by atoms with Gasteiger partial charge in [0.05, 0.1) is 25.7 Å². The molecule has 0 heterocycles. The van der Waals surface area contributed by atoms with Crippen molar-refractivity contribution in [3.05, 3.63) is 97.1 Å². The van der Waals surface area contributed by atoms with Gasteiger partial charge < -0.3 is 29.5 Å². The average molecular weight is 615 g/mol. The second kappa shape index (κ2) is 13.3. The van der Waals surface area contributed by atoms with Crippen LogP contribution in [0.5, 0.6) is 23.0 Å². The summed E-state index contributed by atoms with van der Waals surface area (Å²) in [5, 5.41) is 28.9. The molecule has 2 atom stereocenters. The molecule has 4 aromatic carbocycles. The Morgan fingerprint density at radius 3 is 1.12 bits per heavy atom. The standard InChI is InChI=1S/C30H30O10S2/c1-21(31)18-38-24-4-12-29(13-5-24)42(36,37)30-16-8-26(9-17-30)40-20-23(33)19-39-25-6-14-28(15-7-25)41(34,35)27-10-2-22(32)3-11-27/h2-17,21,23,31-33H,18-20H2,1H3. The van der Waals surface area contributed by atoms with Gasteiger partial charge in [-0.05, 0) is 104 Å². The van der Waals surface area contributed by atoms with Crippen LogP contribution in [-0.4, -0.2) is 64.2 Å². The van der Waals surface area contributed by atoms with Crippen molar-refractivity contribution in [2.24, 2.45) is 0 Å². The number of aliphatic hydroxyl groups excluding tert-OH is 2. The van der Waals surface area contributed by atoms with Crippen molar-refractivity contribution >= 4 is 19.7 Å². The van der Waals surface area contributed by atoms with Crippen LogP contribution in [-0.2, 0) is 19.7 Å². The third kappa shape index (κ3) is 7.79. The molecule has 0 aliphatic heterocycles. The van der Waals surface area contributed by atoms with E-state index in [9.17, 15) is 32.2 Å². The zero-order chi connectivity index (χ0) is 30.3. The molecule has 42 heavy (non-hydrogen) atoms. The van der Waals surface area contributed by atoms with Crippen LogP contribution in [0, 0.1) is 0 Å². The van der Waals surface area contributed by atoms with Gasteiger partial charge in [0, 0.05) is 0 Å². The van der Waals surface area contributed by atoms with Crippen LogP contribution in [0.15, 0.2) is 117 Å². The first-order valence-corrected chi connectivity index (χ1v) is 15.8. The maximum absolute atomic E-state index is 12.9. The molecule has 10 nitrogen and oxygen atoms in total. The lowest BCUT2D eigenvalue weighted by Crippen LogP contribution is -2.25. The molecule has 0 aliphatic rings. The van der Waals surface area contributed by atoms with E-state index in [1.807, 2.05) is 0 Å². The number of hydrogen-bond donors (Lipinski definition) is 3. The first kappa shape index (κ1) is 30.8. The van der Waals surface area contributed by atoms with Crippen molar-refractivity contribution in [3.63, 3.8) is 0 Å². The van der Waals surface area contributed by atoms with E-state index in [1.54, 1.807) is 6.92 Å². The van der Waals surface area contributed by atoms with Gasteiger partial charge in [0.25, 0.3) is 0 Å². The van der Waals surface area contributed by atoms with Crippen LogP contribution in [0.4, 0.5) is 0 Å². The summed E-state index contributed by atoms with van der Waals surface area (Å²) >= 11 is 0. The summed E-state index contributed by atoms with van der Waals surface area (Å²) in [7, 11) is -7.55. The topological polar surface area (TPSA) is 157 Å². The quantitative estimate of drug-likeness (QED) is 0.203. The lowest BCUT2D eigenvalue weighted by molar-refractivity contribution is 0.0626. The number of benzene rings is 4. The Kier molecular flexibility index (Phi) is 9.74. The van der Waals surface area contributed by atoms with Crippen molar-refractivity contribution in [1.29, 1.82) is 0 Å². The Labute approximate surface area is 244 Å². The first-order valence-electron chi connectivity index (χ1n) is 12.8. The SMILES string of the molecule is CC(O)COc1ccc(S(=O)(=O)c2ccc(OCC(O)COc3ccc(S(=O)(=O)c4ccc(O)cc4)cc3)cc2)cc1. The molecule has 2 unspecified atom stereocenters. The lowest BCUT2D eigenvalue weighted by atomic mass is 10.3. The molecule has 0 aliphatic carbocycles. The molecular weight excluding hydrogens is 584 g/mol. The molecule has 3 N–H and O–H groups in total. The van der Waals surface area contributed by atoms with Gasteiger partial charge in [0.2, 0.25) is 19.7 Å². The number of aliphatic hydroxyl groups is 2. The lowest BCUT2D eigenvalue weighted by Gasteiger charge is -2.14. The summed E-state index contributed by atoms with van der Waals surface area (Å²) in [6.07, 6.45) is -1.67. The number of phenols is 1. The van der Waals surface area contributed by atoms with E-state index in [4.69, 9.17) is 14.2 Å². The Balaban J connectivity index is 1.27. The highest BCUT2D eigenvalue weighted by molar-refractivity contribution is 7.91. The fraction of sp³-hybridized carbons (Fsp3) is 0.200.